The topological polar surface area (TPSA) is 72.7 Å². The number of tetrazole rings is 1. The van der Waals surface area contributed by atoms with E-state index < -0.39 is 0 Å². The summed E-state index contributed by atoms with van der Waals surface area (Å²) >= 11 is 7.22. The first-order chi connectivity index (χ1) is 9.56. The number of nitrogens with one attached hydrogen (secondary N) is 1. The number of benzene rings is 1. The number of hydrogen-bond donors (Lipinski definition) is 1. The maximum atomic E-state index is 11.6. The first kappa shape index (κ1) is 14.8. The van der Waals surface area contributed by atoms with Crippen LogP contribution in [0.4, 0.5) is 0 Å². The van der Waals surface area contributed by atoms with Crippen molar-refractivity contribution in [1.82, 2.24) is 25.5 Å². The van der Waals surface area contributed by atoms with Crippen molar-refractivity contribution in [2.75, 3.05) is 5.75 Å². The number of thioether (sulfide) groups is 1. The number of carbonyl (C=O) groups is 1. The molecule has 0 radical (unpaired) electrons. The predicted molar refractivity (Wildman–Crippen MR) is 78.2 cm³/mol. The molecule has 0 atom stereocenters. The lowest BCUT2D eigenvalue weighted by molar-refractivity contribution is -0.119. The minimum Gasteiger partial charge on any atom is -0.353 e. The minimum atomic E-state index is -0.0503. The van der Waals surface area contributed by atoms with E-state index in [4.69, 9.17) is 11.6 Å². The van der Waals surface area contributed by atoms with E-state index in [-0.39, 0.29) is 17.7 Å². The highest BCUT2D eigenvalue weighted by molar-refractivity contribution is 7.99. The molecule has 2 aromatic rings. The molecule has 0 saturated heterocycles. The molecule has 1 N–H and O–H groups in total. The summed E-state index contributed by atoms with van der Waals surface area (Å²) in [6.07, 6.45) is 0. The van der Waals surface area contributed by atoms with Crippen molar-refractivity contribution in [1.29, 1.82) is 0 Å². The first-order valence-electron chi connectivity index (χ1n) is 6.03. The lowest BCUT2D eigenvalue weighted by atomic mass is 10.3. The SMILES string of the molecule is CC(C)NC(=O)CSc1nnnn1-c1cccc(Cl)c1. The van der Waals surface area contributed by atoms with E-state index in [0.29, 0.717) is 10.2 Å². The van der Waals surface area contributed by atoms with Gasteiger partial charge in [-0.15, -0.1) is 5.10 Å². The molecule has 0 bridgehead atoms. The zero-order valence-electron chi connectivity index (χ0n) is 11.1. The molecule has 0 saturated carbocycles. The van der Waals surface area contributed by atoms with Gasteiger partial charge in [0.1, 0.15) is 0 Å². The fourth-order valence-corrected chi connectivity index (χ4v) is 2.42. The van der Waals surface area contributed by atoms with Crippen molar-refractivity contribution in [3.8, 4) is 5.69 Å². The Morgan fingerprint density at radius 1 is 1.50 bits per heavy atom. The summed E-state index contributed by atoms with van der Waals surface area (Å²) in [5.74, 6) is 0.213. The molecule has 0 aliphatic heterocycles. The molecule has 106 valence electrons. The first-order valence-corrected chi connectivity index (χ1v) is 7.39. The molecule has 0 aliphatic carbocycles. The van der Waals surface area contributed by atoms with Gasteiger partial charge in [-0.3, -0.25) is 4.79 Å². The Morgan fingerprint density at radius 2 is 2.30 bits per heavy atom. The standard InChI is InChI=1S/C12H14ClN5OS/c1-8(2)14-11(19)7-20-12-15-16-17-18(12)10-5-3-4-9(13)6-10/h3-6,8H,7H2,1-2H3,(H,14,19). The van der Waals surface area contributed by atoms with Gasteiger partial charge in [0.25, 0.3) is 0 Å². The number of rotatable bonds is 5. The van der Waals surface area contributed by atoms with Crippen molar-refractivity contribution in [3.63, 3.8) is 0 Å². The van der Waals surface area contributed by atoms with E-state index in [0.717, 1.165) is 5.69 Å². The van der Waals surface area contributed by atoms with Crippen LogP contribution in [-0.2, 0) is 4.79 Å². The Kier molecular flexibility index (Phi) is 4.97. The van der Waals surface area contributed by atoms with E-state index in [1.807, 2.05) is 26.0 Å². The molecule has 0 aliphatic rings. The van der Waals surface area contributed by atoms with Crippen LogP contribution < -0.4 is 5.32 Å². The van der Waals surface area contributed by atoms with Gasteiger partial charge in [0.05, 0.1) is 11.4 Å². The van der Waals surface area contributed by atoms with Gasteiger partial charge in [0.15, 0.2) is 0 Å². The quantitative estimate of drug-likeness (QED) is 0.854. The van der Waals surface area contributed by atoms with Crippen molar-refractivity contribution >= 4 is 29.3 Å². The average molecular weight is 312 g/mol. The fraction of sp³-hybridized carbons (Fsp3) is 0.333. The van der Waals surface area contributed by atoms with Crippen LogP contribution in [0.5, 0.6) is 0 Å². The van der Waals surface area contributed by atoms with Gasteiger partial charge >= 0.3 is 0 Å². The summed E-state index contributed by atoms with van der Waals surface area (Å²) in [7, 11) is 0. The highest BCUT2D eigenvalue weighted by Crippen LogP contribution is 2.20. The molecule has 0 fully saturated rings. The second-order valence-corrected chi connectivity index (χ2v) is 5.74. The average Bonchev–Trinajstić information content (AvgIpc) is 2.84. The summed E-state index contributed by atoms with van der Waals surface area (Å²) in [5.41, 5.74) is 0.759. The number of amides is 1. The van der Waals surface area contributed by atoms with Gasteiger partial charge in [0, 0.05) is 11.1 Å². The molecule has 20 heavy (non-hydrogen) atoms. The van der Waals surface area contributed by atoms with Crippen LogP contribution in [-0.4, -0.2) is 37.9 Å². The van der Waals surface area contributed by atoms with E-state index in [2.05, 4.69) is 20.8 Å². The van der Waals surface area contributed by atoms with Crippen LogP contribution in [0.2, 0.25) is 5.02 Å². The predicted octanol–water partition coefficient (Wildman–Crippen LogP) is 1.93. The normalized spacial score (nSPS) is 10.8. The third-order valence-electron chi connectivity index (χ3n) is 2.28. The van der Waals surface area contributed by atoms with E-state index >= 15 is 0 Å². The van der Waals surface area contributed by atoms with Crippen molar-refractivity contribution in [2.24, 2.45) is 0 Å². The van der Waals surface area contributed by atoms with Gasteiger partial charge in [-0.25, -0.2) is 0 Å². The van der Waals surface area contributed by atoms with E-state index in [1.165, 1.54) is 11.8 Å². The lowest BCUT2D eigenvalue weighted by Crippen LogP contribution is -2.31. The number of halogens is 1. The van der Waals surface area contributed by atoms with Crippen molar-refractivity contribution in [3.05, 3.63) is 29.3 Å². The van der Waals surface area contributed by atoms with Gasteiger partial charge in [-0.1, -0.05) is 29.4 Å². The van der Waals surface area contributed by atoms with Gasteiger partial charge in [0.2, 0.25) is 11.1 Å². The van der Waals surface area contributed by atoms with Gasteiger partial charge < -0.3 is 5.32 Å². The molecule has 0 unspecified atom stereocenters. The van der Waals surface area contributed by atoms with E-state index in [1.54, 1.807) is 16.8 Å². The Balaban J connectivity index is 2.08. The largest absolute Gasteiger partial charge is 0.353 e. The number of aromatic nitrogens is 4. The second-order valence-electron chi connectivity index (χ2n) is 4.36. The molecular formula is C12H14ClN5OS. The Morgan fingerprint density at radius 3 is 3.00 bits per heavy atom. The van der Waals surface area contributed by atoms with Crippen LogP contribution in [0.3, 0.4) is 0 Å². The maximum absolute atomic E-state index is 11.6. The molecule has 2 rings (SSSR count). The molecule has 6 nitrogen and oxygen atoms in total. The van der Waals surface area contributed by atoms with Crippen molar-refractivity contribution in [2.45, 2.75) is 25.0 Å². The van der Waals surface area contributed by atoms with Crippen LogP contribution in [0.15, 0.2) is 29.4 Å². The Hall–Kier alpha value is -1.60. The molecule has 1 amide bonds. The molecule has 1 aromatic heterocycles. The summed E-state index contributed by atoms with van der Waals surface area (Å²) < 4.78 is 1.55. The van der Waals surface area contributed by atoms with Crippen LogP contribution >= 0.6 is 23.4 Å². The summed E-state index contributed by atoms with van der Waals surface area (Å²) in [5, 5.41) is 15.4. The summed E-state index contributed by atoms with van der Waals surface area (Å²) in [4.78, 5) is 11.6. The monoisotopic (exact) mass is 311 g/mol. The molecule has 1 aromatic carbocycles. The minimum absolute atomic E-state index is 0.0503. The Bertz CT molecular complexity index is 601. The Labute approximate surface area is 125 Å². The highest BCUT2D eigenvalue weighted by Gasteiger charge is 2.12. The highest BCUT2D eigenvalue weighted by atomic mass is 35.5. The van der Waals surface area contributed by atoms with Crippen LogP contribution in [0, 0.1) is 0 Å². The van der Waals surface area contributed by atoms with Gasteiger partial charge in [-0.05, 0) is 42.5 Å². The van der Waals surface area contributed by atoms with Crippen molar-refractivity contribution < 1.29 is 4.79 Å². The lowest BCUT2D eigenvalue weighted by Gasteiger charge is -2.08. The maximum Gasteiger partial charge on any atom is 0.230 e. The van der Waals surface area contributed by atoms with E-state index in [9.17, 15) is 4.79 Å². The fourth-order valence-electron chi connectivity index (χ4n) is 1.53. The molecule has 8 heteroatoms. The van der Waals surface area contributed by atoms with Gasteiger partial charge in [-0.2, -0.15) is 4.68 Å². The number of nitrogens with zero attached hydrogens (tertiary/aromatic N) is 4. The summed E-state index contributed by atoms with van der Waals surface area (Å²) in [6.45, 7) is 3.83. The number of hydrogen-bond acceptors (Lipinski definition) is 5. The third-order valence-corrected chi connectivity index (χ3v) is 3.43. The molecule has 1 heterocycles. The number of carbonyl (C=O) groups excluding carboxylic acids is 1. The molecular weight excluding hydrogens is 298 g/mol. The second kappa shape index (κ2) is 6.71. The zero-order valence-corrected chi connectivity index (χ0v) is 12.6. The van der Waals surface area contributed by atoms with Crippen LogP contribution in [0.25, 0.3) is 5.69 Å². The smallest absolute Gasteiger partial charge is 0.230 e. The zero-order chi connectivity index (χ0) is 14.5. The van der Waals surface area contributed by atoms with Crippen LogP contribution in [0.1, 0.15) is 13.8 Å². The molecule has 0 spiro atoms. The summed E-state index contributed by atoms with van der Waals surface area (Å²) in [6, 6.07) is 7.32. The third kappa shape index (κ3) is 3.94.